The number of allylic oxidation sites excluding steroid dienone is 3. The third-order valence-corrected chi connectivity index (χ3v) is 6.04. The van der Waals surface area contributed by atoms with Crippen LogP contribution in [0.3, 0.4) is 0 Å². The molecule has 0 N–H and O–H groups in total. The van der Waals surface area contributed by atoms with Crippen LogP contribution >= 0.6 is 11.6 Å². The largest absolute Gasteiger partial charge is 0.0877 e. The van der Waals surface area contributed by atoms with E-state index >= 15 is 0 Å². The fourth-order valence-corrected chi connectivity index (χ4v) is 4.72. The first kappa shape index (κ1) is 15.7. The van der Waals surface area contributed by atoms with Gasteiger partial charge in [0.15, 0.2) is 0 Å². The van der Waals surface area contributed by atoms with Crippen molar-refractivity contribution in [3.63, 3.8) is 0 Å². The van der Waals surface area contributed by atoms with Crippen LogP contribution in [0.15, 0.2) is 72.3 Å². The second kappa shape index (κ2) is 6.61. The quantitative estimate of drug-likeness (QED) is 0.509. The van der Waals surface area contributed by atoms with E-state index in [4.69, 9.17) is 11.6 Å². The molecule has 2 aromatic rings. The molecule has 24 heavy (non-hydrogen) atoms. The summed E-state index contributed by atoms with van der Waals surface area (Å²) in [7, 11) is 0. The zero-order valence-corrected chi connectivity index (χ0v) is 14.7. The van der Waals surface area contributed by atoms with Gasteiger partial charge < -0.3 is 0 Å². The maximum absolute atomic E-state index is 6.88. The average Bonchev–Trinajstić information content (AvgIpc) is 3.05. The Hall–Kier alpha value is -1.79. The van der Waals surface area contributed by atoms with Crippen molar-refractivity contribution >= 4 is 16.6 Å². The topological polar surface area (TPSA) is 0 Å². The van der Waals surface area contributed by atoms with Crippen molar-refractivity contribution in [2.75, 3.05) is 0 Å². The normalized spacial score (nSPS) is 25.2. The van der Waals surface area contributed by atoms with Gasteiger partial charge in [-0.1, -0.05) is 78.4 Å². The van der Waals surface area contributed by atoms with Gasteiger partial charge in [-0.3, -0.25) is 0 Å². The van der Waals surface area contributed by atoms with E-state index in [0.717, 1.165) is 17.0 Å². The molecule has 0 heterocycles. The van der Waals surface area contributed by atoms with Gasteiger partial charge in [-0.15, -0.1) is 0 Å². The predicted octanol–water partition coefficient (Wildman–Crippen LogP) is 7.21. The molecule has 0 amide bonds. The van der Waals surface area contributed by atoms with Crippen molar-refractivity contribution in [3.05, 3.63) is 77.9 Å². The minimum absolute atomic E-state index is 0.243. The Labute approximate surface area is 149 Å². The van der Waals surface area contributed by atoms with E-state index in [-0.39, 0.29) is 5.41 Å². The molecule has 0 aromatic heterocycles. The highest BCUT2D eigenvalue weighted by Gasteiger charge is 2.38. The van der Waals surface area contributed by atoms with Crippen LogP contribution in [-0.4, -0.2) is 0 Å². The van der Waals surface area contributed by atoms with Crippen LogP contribution in [0.25, 0.3) is 16.2 Å². The smallest absolute Gasteiger partial charge is 0.0479 e. The summed E-state index contributed by atoms with van der Waals surface area (Å²) in [5, 5.41) is 0.985. The van der Waals surface area contributed by atoms with Crippen LogP contribution in [0, 0.1) is 5.41 Å². The summed E-state index contributed by atoms with van der Waals surface area (Å²) in [4.78, 5) is 0. The van der Waals surface area contributed by atoms with E-state index < -0.39 is 0 Å². The van der Waals surface area contributed by atoms with Gasteiger partial charge in [0.2, 0.25) is 0 Å². The predicted molar refractivity (Wildman–Crippen MR) is 104 cm³/mol. The first-order chi connectivity index (χ1) is 11.8. The van der Waals surface area contributed by atoms with Gasteiger partial charge in [-0.05, 0) is 60.8 Å². The summed E-state index contributed by atoms with van der Waals surface area (Å²) >= 11 is 6.88. The molecule has 0 radical (unpaired) electrons. The fourth-order valence-electron chi connectivity index (χ4n) is 4.31. The molecule has 4 rings (SSSR count). The van der Waals surface area contributed by atoms with E-state index in [1.165, 1.54) is 48.8 Å². The van der Waals surface area contributed by atoms with Crippen molar-refractivity contribution in [2.24, 2.45) is 5.41 Å². The van der Waals surface area contributed by atoms with E-state index in [1.54, 1.807) is 0 Å². The summed E-state index contributed by atoms with van der Waals surface area (Å²) < 4.78 is 0. The Morgan fingerprint density at radius 3 is 2.25 bits per heavy atom. The molecule has 1 unspecified atom stereocenters. The monoisotopic (exact) mass is 334 g/mol. The van der Waals surface area contributed by atoms with Gasteiger partial charge >= 0.3 is 0 Å². The SMILES string of the molecule is Cl/C(=C1\CCCC12C=CCCC2)c1ccc(-c2ccccc2)cc1. The summed E-state index contributed by atoms with van der Waals surface area (Å²) in [6.07, 6.45) is 12.2. The van der Waals surface area contributed by atoms with E-state index in [9.17, 15) is 0 Å². The Balaban J connectivity index is 1.68. The number of halogens is 1. The Bertz CT molecular complexity index is 767. The van der Waals surface area contributed by atoms with E-state index in [1.807, 2.05) is 0 Å². The molecule has 0 nitrogen and oxygen atoms in total. The summed E-state index contributed by atoms with van der Waals surface area (Å²) in [5.41, 5.74) is 5.36. The highest BCUT2D eigenvalue weighted by Crippen LogP contribution is 2.53. The lowest BCUT2D eigenvalue weighted by Crippen LogP contribution is -2.18. The highest BCUT2D eigenvalue weighted by atomic mass is 35.5. The van der Waals surface area contributed by atoms with Crippen LogP contribution in [0.5, 0.6) is 0 Å². The molecule has 1 fully saturated rings. The van der Waals surface area contributed by atoms with Crippen molar-refractivity contribution in [2.45, 2.75) is 38.5 Å². The van der Waals surface area contributed by atoms with E-state index in [2.05, 4.69) is 66.7 Å². The minimum Gasteiger partial charge on any atom is -0.0877 e. The van der Waals surface area contributed by atoms with Crippen LogP contribution in [0.4, 0.5) is 0 Å². The summed E-state index contributed by atoms with van der Waals surface area (Å²) in [6.45, 7) is 0. The van der Waals surface area contributed by atoms with Gasteiger partial charge in [0.05, 0.1) is 0 Å². The van der Waals surface area contributed by atoms with Gasteiger partial charge in [0, 0.05) is 10.4 Å². The maximum atomic E-state index is 6.88. The number of hydrogen-bond donors (Lipinski definition) is 0. The highest BCUT2D eigenvalue weighted by molar-refractivity contribution is 6.49. The van der Waals surface area contributed by atoms with Crippen molar-refractivity contribution in [3.8, 4) is 11.1 Å². The molecule has 2 aliphatic carbocycles. The number of hydrogen-bond acceptors (Lipinski definition) is 0. The molecule has 122 valence electrons. The van der Waals surface area contributed by atoms with Crippen LogP contribution in [0.1, 0.15) is 44.1 Å². The molecule has 1 spiro atoms. The lowest BCUT2D eigenvalue weighted by Gasteiger charge is -2.31. The Morgan fingerprint density at radius 2 is 1.54 bits per heavy atom. The molecule has 1 atom stereocenters. The first-order valence-corrected chi connectivity index (χ1v) is 9.39. The minimum atomic E-state index is 0.243. The molecule has 0 bridgehead atoms. The molecule has 2 aromatic carbocycles. The van der Waals surface area contributed by atoms with Crippen LogP contribution < -0.4 is 0 Å². The molecular weight excluding hydrogens is 312 g/mol. The van der Waals surface area contributed by atoms with Gasteiger partial charge in [-0.25, -0.2) is 0 Å². The van der Waals surface area contributed by atoms with Crippen LogP contribution in [-0.2, 0) is 0 Å². The van der Waals surface area contributed by atoms with Crippen molar-refractivity contribution in [1.29, 1.82) is 0 Å². The van der Waals surface area contributed by atoms with E-state index in [0.29, 0.717) is 0 Å². The van der Waals surface area contributed by atoms with Gasteiger partial charge in [-0.2, -0.15) is 0 Å². The molecule has 2 aliphatic rings. The first-order valence-electron chi connectivity index (χ1n) is 9.01. The van der Waals surface area contributed by atoms with Gasteiger partial charge in [0.25, 0.3) is 0 Å². The second-order valence-corrected chi connectivity index (χ2v) is 7.42. The summed E-state index contributed by atoms with van der Waals surface area (Å²) in [5.74, 6) is 0. The zero-order chi connectivity index (χ0) is 16.4. The summed E-state index contributed by atoms with van der Waals surface area (Å²) in [6, 6.07) is 19.2. The molecule has 1 saturated carbocycles. The fraction of sp³-hybridized carbons (Fsp3) is 0.304. The van der Waals surface area contributed by atoms with Gasteiger partial charge in [0.1, 0.15) is 0 Å². The molecular formula is C23H23Cl. The Morgan fingerprint density at radius 1 is 0.833 bits per heavy atom. The van der Waals surface area contributed by atoms with Crippen molar-refractivity contribution < 1.29 is 0 Å². The standard InChI is InChI=1S/C23H23Cl/c24-22(21-10-7-17-23(21)15-5-2-6-16-23)20-13-11-19(12-14-20)18-8-3-1-4-9-18/h1,3-5,8-9,11-15H,2,6-7,10,16-17H2/b22-21+. The maximum Gasteiger partial charge on any atom is 0.0479 e. The Kier molecular flexibility index (Phi) is 4.33. The molecule has 1 heteroatoms. The number of benzene rings is 2. The van der Waals surface area contributed by atoms with Crippen molar-refractivity contribution in [1.82, 2.24) is 0 Å². The lowest BCUT2D eigenvalue weighted by atomic mass is 9.74. The average molecular weight is 335 g/mol. The third-order valence-electron chi connectivity index (χ3n) is 5.59. The zero-order valence-electron chi connectivity index (χ0n) is 14.0. The molecule has 0 aliphatic heterocycles. The lowest BCUT2D eigenvalue weighted by molar-refractivity contribution is 0.404. The third kappa shape index (κ3) is 2.84. The number of rotatable bonds is 2. The molecule has 0 saturated heterocycles. The second-order valence-electron chi connectivity index (χ2n) is 7.04. The van der Waals surface area contributed by atoms with Crippen LogP contribution in [0.2, 0.25) is 0 Å².